The zero-order chi connectivity index (χ0) is 17.9. The molecule has 1 aromatic carbocycles. The highest BCUT2D eigenvalue weighted by Gasteiger charge is 2.24. The summed E-state index contributed by atoms with van der Waals surface area (Å²) >= 11 is 6.08. The molecule has 2 amide bonds. The summed E-state index contributed by atoms with van der Waals surface area (Å²) in [6.45, 7) is 3.09. The van der Waals surface area contributed by atoms with E-state index in [1.807, 2.05) is 35.4 Å². The van der Waals surface area contributed by atoms with Gasteiger partial charge in [0.25, 0.3) is 0 Å². The number of piperazine rings is 1. The van der Waals surface area contributed by atoms with Gasteiger partial charge in [-0.15, -0.1) is 0 Å². The van der Waals surface area contributed by atoms with E-state index in [2.05, 4.69) is 27.4 Å². The van der Waals surface area contributed by atoms with Crippen LogP contribution in [0.25, 0.3) is 10.9 Å². The van der Waals surface area contributed by atoms with E-state index >= 15 is 0 Å². The molecule has 1 fully saturated rings. The highest BCUT2D eigenvalue weighted by atomic mass is 35.5. The highest BCUT2D eigenvalue weighted by molar-refractivity contribution is 6.31. The highest BCUT2D eigenvalue weighted by Crippen LogP contribution is 2.28. The standard InChI is InChI=1S/C20H23ClN4O/c21-15-6-7-17-18(14-15)22-9-8-19(17)24-10-12-25(13-11-24)20(26)23-16-4-2-1-3-5-16/h1-2,6-9,14,16H,3-5,10-13H2,(H,23,26). The second-order valence-electron chi connectivity index (χ2n) is 6.90. The van der Waals surface area contributed by atoms with E-state index in [4.69, 9.17) is 11.6 Å². The normalized spacial score (nSPS) is 20.4. The molecular formula is C20H23ClN4O. The molecule has 2 aromatic rings. The Morgan fingerprint density at radius 2 is 2.00 bits per heavy atom. The van der Waals surface area contributed by atoms with Gasteiger partial charge in [-0.25, -0.2) is 4.79 Å². The zero-order valence-electron chi connectivity index (χ0n) is 14.7. The first kappa shape index (κ1) is 17.2. The molecule has 0 radical (unpaired) electrons. The fraction of sp³-hybridized carbons (Fsp3) is 0.400. The Hall–Kier alpha value is -2.27. The van der Waals surface area contributed by atoms with Gasteiger partial charge < -0.3 is 15.1 Å². The van der Waals surface area contributed by atoms with Crippen LogP contribution < -0.4 is 10.2 Å². The minimum atomic E-state index is 0.0660. The van der Waals surface area contributed by atoms with Gasteiger partial charge in [0.1, 0.15) is 0 Å². The average Bonchev–Trinajstić information content (AvgIpc) is 2.68. The Balaban J connectivity index is 1.40. The number of fused-ring (bicyclic) bond motifs is 1. The molecule has 4 rings (SSSR count). The number of nitrogens with zero attached hydrogens (tertiary/aromatic N) is 3. The fourth-order valence-electron chi connectivity index (χ4n) is 3.72. The summed E-state index contributed by atoms with van der Waals surface area (Å²) in [5.74, 6) is 0. The van der Waals surface area contributed by atoms with Gasteiger partial charge in [0, 0.05) is 54.5 Å². The van der Waals surface area contributed by atoms with Gasteiger partial charge in [-0.05, 0) is 43.5 Å². The summed E-state index contributed by atoms with van der Waals surface area (Å²) < 4.78 is 0. The number of amides is 2. The maximum atomic E-state index is 12.5. The zero-order valence-corrected chi connectivity index (χ0v) is 15.5. The first-order chi connectivity index (χ1) is 12.7. The molecule has 2 aliphatic rings. The van der Waals surface area contributed by atoms with Crippen LogP contribution >= 0.6 is 11.6 Å². The number of anilines is 1. The lowest BCUT2D eigenvalue weighted by Gasteiger charge is -2.37. The predicted molar refractivity (Wildman–Crippen MR) is 106 cm³/mol. The monoisotopic (exact) mass is 370 g/mol. The SMILES string of the molecule is O=C(NC1CC=CCC1)N1CCN(c2ccnc3cc(Cl)ccc23)CC1. The Morgan fingerprint density at radius 1 is 1.15 bits per heavy atom. The van der Waals surface area contributed by atoms with Crippen LogP contribution in [0.1, 0.15) is 19.3 Å². The van der Waals surface area contributed by atoms with Gasteiger partial charge in [-0.2, -0.15) is 0 Å². The van der Waals surface area contributed by atoms with Crippen molar-refractivity contribution >= 4 is 34.2 Å². The van der Waals surface area contributed by atoms with Crippen molar-refractivity contribution in [3.8, 4) is 0 Å². The maximum absolute atomic E-state index is 12.5. The number of urea groups is 1. The molecule has 1 aromatic heterocycles. The van der Waals surface area contributed by atoms with E-state index in [0.29, 0.717) is 5.02 Å². The molecule has 1 aliphatic carbocycles. The number of benzene rings is 1. The minimum absolute atomic E-state index is 0.0660. The van der Waals surface area contributed by atoms with Crippen molar-refractivity contribution in [2.45, 2.75) is 25.3 Å². The van der Waals surface area contributed by atoms with Crippen LogP contribution in [0.3, 0.4) is 0 Å². The van der Waals surface area contributed by atoms with Gasteiger partial charge in [-0.1, -0.05) is 23.8 Å². The van der Waals surface area contributed by atoms with Crippen LogP contribution in [0.15, 0.2) is 42.6 Å². The number of hydrogen-bond acceptors (Lipinski definition) is 3. The Labute approximate surface area is 158 Å². The smallest absolute Gasteiger partial charge is 0.317 e. The number of carbonyl (C=O) groups is 1. The van der Waals surface area contributed by atoms with Crippen molar-refractivity contribution in [1.29, 1.82) is 0 Å². The molecule has 1 atom stereocenters. The number of allylic oxidation sites excluding steroid dienone is 1. The van der Waals surface area contributed by atoms with Crippen LogP contribution in [0.4, 0.5) is 10.5 Å². The lowest BCUT2D eigenvalue weighted by molar-refractivity contribution is 0.189. The Kier molecular flexibility index (Phi) is 4.98. The largest absolute Gasteiger partial charge is 0.367 e. The summed E-state index contributed by atoms with van der Waals surface area (Å²) in [6, 6.07) is 8.20. The molecule has 0 bridgehead atoms. The molecule has 5 nitrogen and oxygen atoms in total. The molecule has 0 saturated carbocycles. The number of hydrogen-bond donors (Lipinski definition) is 1. The molecule has 2 heterocycles. The second-order valence-corrected chi connectivity index (χ2v) is 7.33. The van der Waals surface area contributed by atoms with Gasteiger partial charge in [-0.3, -0.25) is 4.98 Å². The third kappa shape index (κ3) is 3.63. The average molecular weight is 371 g/mol. The summed E-state index contributed by atoms with van der Waals surface area (Å²) in [6.07, 6.45) is 9.20. The van der Waals surface area contributed by atoms with Crippen LogP contribution in [-0.2, 0) is 0 Å². The van der Waals surface area contributed by atoms with Crippen LogP contribution in [0.5, 0.6) is 0 Å². The van der Waals surface area contributed by atoms with Crippen molar-refractivity contribution in [2.75, 3.05) is 31.1 Å². The van der Waals surface area contributed by atoms with Gasteiger partial charge in [0.05, 0.1) is 5.52 Å². The third-order valence-corrected chi connectivity index (χ3v) is 5.42. The number of nitrogens with one attached hydrogen (secondary N) is 1. The first-order valence-corrected chi connectivity index (χ1v) is 9.58. The Bertz CT molecular complexity index is 830. The molecule has 136 valence electrons. The van der Waals surface area contributed by atoms with Gasteiger partial charge in [0.2, 0.25) is 0 Å². The summed E-state index contributed by atoms with van der Waals surface area (Å²) in [5, 5.41) is 4.97. The van der Waals surface area contributed by atoms with Crippen LogP contribution in [0, 0.1) is 0 Å². The van der Waals surface area contributed by atoms with Crippen LogP contribution in [-0.4, -0.2) is 48.1 Å². The molecule has 26 heavy (non-hydrogen) atoms. The van der Waals surface area contributed by atoms with E-state index in [-0.39, 0.29) is 12.1 Å². The van der Waals surface area contributed by atoms with Crippen molar-refractivity contribution in [1.82, 2.24) is 15.2 Å². The Morgan fingerprint density at radius 3 is 2.77 bits per heavy atom. The lowest BCUT2D eigenvalue weighted by atomic mass is 10.0. The summed E-state index contributed by atoms with van der Waals surface area (Å²) in [7, 11) is 0. The van der Waals surface area contributed by atoms with E-state index in [1.165, 1.54) is 0 Å². The topological polar surface area (TPSA) is 48.5 Å². The second kappa shape index (κ2) is 7.54. The van der Waals surface area contributed by atoms with E-state index in [0.717, 1.165) is 62.0 Å². The minimum Gasteiger partial charge on any atom is -0.367 e. The summed E-state index contributed by atoms with van der Waals surface area (Å²) in [4.78, 5) is 21.2. The number of carbonyl (C=O) groups excluding carboxylic acids is 1. The fourth-order valence-corrected chi connectivity index (χ4v) is 3.89. The van der Waals surface area contributed by atoms with Gasteiger partial charge >= 0.3 is 6.03 Å². The quantitative estimate of drug-likeness (QED) is 0.817. The summed E-state index contributed by atoms with van der Waals surface area (Å²) in [5.41, 5.74) is 2.06. The van der Waals surface area contributed by atoms with E-state index < -0.39 is 0 Å². The third-order valence-electron chi connectivity index (χ3n) is 5.19. The predicted octanol–water partition coefficient (Wildman–Crippen LogP) is 3.83. The number of pyridine rings is 1. The molecule has 1 saturated heterocycles. The van der Waals surface area contributed by atoms with Crippen LogP contribution in [0.2, 0.25) is 5.02 Å². The number of halogens is 1. The molecule has 6 heteroatoms. The first-order valence-electron chi connectivity index (χ1n) is 9.20. The molecular weight excluding hydrogens is 348 g/mol. The van der Waals surface area contributed by atoms with Crippen molar-refractivity contribution in [3.63, 3.8) is 0 Å². The van der Waals surface area contributed by atoms with Crippen molar-refractivity contribution in [2.24, 2.45) is 0 Å². The molecule has 1 aliphatic heterocycles. The molecule has 0 spiro atoms. The van der Waals surface area contributed by atoms with Crippen molar-refractivity contribution < 1.29 is 4.79 Å². The molecule has 1 unspecified atom stereocenters. The lowest BCUT2D eigenvalue weighted by Crippen LogP contribution is -2.53. The number of rotatable bonds is 2. The van der Waals surface area contributed by atoms with E-state index in [9.17, 15) is 4.79 Å². The maximum Gasteiger partial charge on any atom is 0.317 e. The van der Waals surface area contributed by atoms with Gasteiger partial charge in [0.15, 0.2) is 0 Å². The number of aromatic nitrogens is 1. The molecule has 1 N–H and O–H groups in total. The van der Waals surface area contributed by atoms with E-state index in [1.54, 1.807) is 0 Å². The van der Waals surface area contributed by atoms with Crippen molar-refractivity contribution in [3.05, 3.63) is 47.6 Å².